The minimum Gasteiger partial charge on any atom is -0.477 e. The monoisotopic (exact) mass is 449 g/mol. The van der Waals surface area contributed by atoms with Gasteiger partial charge in [-0.25, -0.2) is 4.98 Å². The molecule has 4 heterocycles. The lowest BCUT2D eigenvalue weighted by Crippen LogP contribution is -2.57. The van der Waals surface area contributed by atoms with Gasteiger partial charge in [0, 0.05) is 56.9 Å². The van der Waals surface area contributed by atoms with Crippen LogP contribution in [0.5, 0.6) is 5.88 Å². The van der Waals surface area contributed by atoms with Crippen LogP contribution >= 0.6 is 0 Å². The summed E-state index contributed by atoms with van der Waals surface area (Å²) in [6.45, 7) is 12.3. The van der Waals surface area contributed by atoms with Crippen molar-refractivity contribution in [1.29, 1.82) is 0 Å². The van der Waals surface area contributed by atoms with E-state index in [9.17, 15) is 0 Å². The lowest BCUT2D eigenvalue weighted by Gasteiger charge is -2.46. The van der Waals surface area contributed by atoms with Gasteiger partial charge in [0.15, 0.2) is 11.4 Å². The van der Waals surface area contributed by atoms with E-state index in [1.54, 1.807) is 0 Å². The number of para-hydroxylation sites is 1. The predicted octanol–water partition coefficient (Wildman–Crippen LogP) is 4.04. The van der Waals surface area contributed by atoms with E-state index in [2.05, 4.69) is 56.9 Å². The number of aromatic nitrogens is 2. The number of ether oxygens (including phenoxy) is 1. The summed E-state index contributed by atoms with van der Waals surface area (Å²) in [6, 6.07) is 12.9. The number of hydrogen-bond donors (Lipinski definition) is 0. The minimum atomic E-state index is 0.554. The Hall–Kier alpha value is -2.64. The maximum absolute atomic E-state index is 6.08. The Bertz CT molecular complexity index is 1030. The second-order valence-corrected chi connectivity index (χ2v) is 9.32. The van der Waals surface area contributed by atoms with E-state index >= 15 is 0 Å². The molecule has 0 aliphatic carbocycles. The van der Waals surface area contributed by atoms with Crippen molar-refractivity contribution in [3.8, 4) is 5.88 Å². The van der Waals surface area contributed by atoms with Crippen LogP contribution in [0.1, 0.15) is 32.3 Å². The minimum absolute atomic E-state index is 0.554. The number of pyridine rings is 1. The van der Waals surface area contributed by atoms with Gasteiger partial charge in [0.05, 0.1) is 12.0 Å². The summed E-state index contributed by atoms with van der Waals surface area (Å²) < 4.78 is 11.6. The van der Waals surface area contributed by atoms with Crippen molar-refractivity contribution in [3.05, 3.63) is 48.2 Å². The molecule has 2 aromatic heterocycles. The maximum atomic E-state index is 6.08. The van der Waals surface area contributed by atoms with Gasteiger partial charge in [0.1, 0.15) is 0 Å². The third-order valence-corrected chi connectivity index (χ3v) is 7.23. The Morgan fingerprint density at radius 3 is 2.76 bits per heavy atom. The topological polar surface area (TPSA) is 57.9 Å². The molecule has 0 N–H and O–H groups in total. The molecule has 33 heavy (non-hydrogen) atoms. The lowest BCUT2D eigenvalue weighted by molar-refractivity contribution is 0.0716. The second-order valence-electron chi connectivity index (χ2n) is 9.32. The van der Waals surface area contributed by atoms with Gasteiger partial charge < -0.3 is 14.2 Å². The maximum Gasteiger partial charge on any atom is 0.213 e. The second kappa shape index (κ2) is 10.1. The Labute approximate surface area is 196 Å². The molecule has 0 unspecified atom stereocenters. The summed E-state index contributed by atoms with van der Waals surface area (Å²) in [7, 11) is 0. The molecule has 2 atom stereocenters. The van der Waals surface area contributed by atoms with Crippen LogP contribution in [0.2, 0.25) is 0 Å². The predicted molar refractivity (Wildman–Crippen MR) is 131 cm³/mol. The van der Waals surface area contributed by atoms with Gasteiger partial charge in [-0.1, -0.05) is 37.2 Å². The van der Waals surface area contributed by atoms with Crippen LogP contribution in [0.25, 0.3) is 11.0 Å². The molecule has 0 radical (unpaired) electrons. The Morgan fingerprint density at radius 2 is 1.94 bits per heavy atom. The van der Waals surface area contributed by atoms with Gasteiger partial charge in [-0.15, -0.1) is 0 Å². The van der Waals surface area contributed by atoms with E-state index in [4.69, 9.17) is 9.26 Å². The van der Waals surface area contributed by atoms with Crippen molar-refractivity contribution in [2.45, 2.75) is 39.3 Å². The highest BCUT2D eigenvalue weighted by atomic mass is 16.5. The highest BCUT2D eigenvalue weighted by molar-refractivity contribution is 5.88. The number of nitrogens with zero attached hydrogens (tertiary/aromatic N) is 5. The molecule has 0 spiro atoms. The fourth-order valence-corrected chi connectivity index (χ4v) is 5.19. The third-order valence-electron chi connectivity index (χ3n) is 7.23. The lowest BCUT2D eigenvalue weighted by atomic mass is 9.91. The zero-order valence-corrected chi connectivity index (χ0v) is 19.8. The first kappa shape index (κ1) is 22.2. The Balaban J connectivity index is 1.11. The van der Waals surface area contributed by atoms with Crippen molar-refractivity contribution in [1.82, 2.24) is 19.9 Å². The van der Waals surface area contributed by atoms with Gasteiger partial charge in [-0.05, 0) is 43.6 Å². The molecule has 7 heteroatoms. The van der Waals surface area contributed by atoms with Crippen molar-refractivity contribution in [2.75, 3.05) is 50.8 Å². The number of fused-ring (bicyclic) bond motifs is 2. The van der Waals surface area contributed by atoms with Gasteiger partial charge in [0.25, 0.3) is 0 Å². The standard InChI is InChI=1S/C26H35N5O2/c1-3-29(4-2)16-20-10-12-25(27-15-20)32-19-21-9-11-22-18-31(14-13-30(22)17-21)26-23-7-5-6-8-24(23)33-28-26/h5-8,10,12,15,21-22H,3-4,9,11,13-14,16-19H2,1-2H3/t21-,22-/m1/s1. The molecule has 5 rings (SSSR count). The van der Waals surface area contributed by atoms with E-state index in [0.29, 0.717) is 12.0 Å². The van der Waals surface area contributed by atoms with Crippen LogP contribution in [0, 0.1) is 5.92 Å². The first-order valence-electron chi connectivity index (χ1n) is 12.4. The molecule has 1 aromatic carbocycles. The number of anilines is 1. The van der Waals surface area contributed by atoms with E-state index < -0.39 is 0 Å². The van der Waals surface area contributed by atoms with E-state index in [-0.39, 0.29) is 0 Å². The molecule has 2 fully saturated rings. The van der Waals surface area contributed by atoms with Crippen LogP contribution in [0.3, 0.4) is 0 Å². The molecule has 7 nitrogen and oxygen atoms in total. The summed E-state index contributed by atoms with van der Waals surface area (Å²) in [5, 5.41) is 5.48. The molecule has 3 aromatic rings. The van der Waals surface area contributed by atoms with Gasteiger partial charge >= 0.3 is 0 Å². The van der Waals surface area contributed by atoms with Crippen LogP contribution in [0.4, 0.5) is 5.82 Å². The van der Waals surface area contributed by atoms with Crippen LogP contribution in [0.15, 0.2) is 47.1 Å². The highest BCUT2D eigenvalue weighted by Crippen LogP contribution is 2.31. The summed E-state index contributed by atoms with van der Waals surface area (Å²) in [5.74, 6) is 2.28. The molecule has 2 saturated heterocycles. The van der Waals surface area contributed by atoms with Crippen molar-refractivity contribution in [2.24, 2.45) is 5.92 Å². The third kappa shape index (κ3) is 4.99. The zero-order valence-electron chi connectivity index (χ0n) is 19.8. The molecule has 2 aliphatic heterocycles. The van der Waals surface area contributed by atoms with Crippen molar-refractivity contribution >= 4 is 16.8 Å². The number of piperidine rings is 1. The molecule has 176 valence electrons. The van der Waals surface area contributed by atoms with Crippen LogP contribution < -0.4 is 9.64 Å². The summed E-state index contributed by atoms with van der Waals surface area (Å²) in [6.07, 6.45) is 4.34. The fraction of sp³-hybridized carbons (Fsp3) is 0.538. The first-order chi connectivity index (χ1) is 16.2. The average Bonchev–Trinajstić information content (AvgIpc) is 3.30. The summed E-state index contributed by atoms with van der Waals surface area (Å²) in [4.78, 5) is 12.0. The molecule has 0 bridgehead atoms. The number of piperazine rings is 1. The molecular weight excluding hydrogens is 414 g/mol. The van der Waals surface area contributed by atoms with Crippen molar-refractivity contribution in [3.63, 3.8) is 0 Å². The van der Waals surface area contributed by atoms with Gasteiger partial charge in [0.2, 0.25) is 5.88 Å². The van der Waals surface area contributed by atoms with Gasteiger partial charge in [-0.3, -0.25) is 9.80 Å². The highest BCUT2D eigenvalue weighted by Gasteiger charge is 2.34. The van der Waals surface area contributed by atoms with E-state index in [1.807, 2.05) is 24.4 Å². The quantitative estimate of drug-likeness (QED) is 0.514. The smallest absolute Gasteiger partial charge is 0.213 e. The normalized spacial score (nSPS) is 21.5. The summed E-state index contributed by atoms with van der Waals surface area (Å²) >= 11 is 0. The number of rotatable bonds is 8. The van der Waals surface area contributed by atoms with Crippen molar-refractivity contribution < 1.29 is 9.26 Å². The van der Waals surface area contributed by atoms with Crippen LogP contribution in [-0.4, -0.2) is 71.9 Å². The zero-order chi connectivity index (χ0) is 22.6. The molecule has 0 amide bonds. The van der Waals surface area contributed by atoms with E-state index in [0.717, 1.165) is 75.1 Å². The number of benzene rings is 1. The molecular formula is C26H35N5O2. The van der Waals surface area contributed by atoms with Gasteiger partial charge in [-0.2, -0.15) is 0 Å². The first-order valence-corrected chi connectivity index (χ1v) is 12.4. The van der Waals surface area contributed by atoms with E-state index in [1.165, 1.54) is 18.4 Å². The summed E-state index contributed by atoms with van der Waals surface area (Å²) in [5.41, 5.74) is 2.11. The Kier molecular flexibility index (Phi) is 6.78. The number of hydrogen-bond acceptors (Lipinski definition) is 7. The largest absolute Gasteiger partial charge is 0.477 e. The molecule has 2 aliphatic rings. The Morgan fingerprint density at radius 1 is 1.06 bits per heavy atom. The molecule has 0 saturated carbocycles. The van der Waals surface area contributed by atoms with Crippen LogP contribution in [-0.2, 0) is 6.54 Å². The fourth-order valence-electron chi connectivity index (χ4n) is 5.19. The SMILES string of the molecule is CCN(CC)Cc1ccc(OC[C@@H]2CC[C@@H]3CN(c4noc5ccccc45)CCN3C2)nc1. The average molecular weight is 450 g/mol.